The van der Waals surface area contributed by atoms with E-state index in [1.54, 1.807) is 0 Å². The first-order valence-corrected chi connectivity index (χ1v) is 9.77. The number of fused-ring (bicyclic) bond motifs is 3. The van der Waals surface area contributed by atoms with E-state index in [4.69, 9.17) is 9.47 Å². The molecule has 1 aliphatic carbocycles. The van der Waals surface area contributed by atoms with Gasteiger partial charge in [0, 0.05) is 5.56 Å². The van der Waals surface area contributed by atoms with Gasteiger partial charge in [0.2, 0.25) is 0 Å². The molecule has 2 saturated heterocycles. The van der Waals surface area contributed by atoms with Crippen LogP contribution in [0.15, 0.2) is 24.3 Å². The van der Waals surface area contributed by atoms with Crippen molar-refractivity contribution >= 4 is 11.6 Å². The molecule has 0 N–H and O–H groups in total. The van der Waals surface area contributed by atoms with E-state index in [9.17, 15) is 4.79 Å². The molecule has 1 saturated carbocycles. The molecule has 0 unspecified atom stereocenters. The number of carbonyl (C=O) groups is 1. The zero-order chi connectivity index (χ0) is 16.9. The van der Waals surface area contributed by atoms with E-state index in [0.29, 0.717) is 6.67 Å². The maximum absolute atomic E-state index is 13.5. The van der Waals surface area contributed by atoms with Crippen LogP contribution in [0, 0.1) is 0 Å². The van der Waals surface area contributed by atoms with Crippen molar-refractivity contribution in [3.63, 3.8) is 0 Å². The Morgan fingerprint density at radius 1 is 0.960 bits per heavy atom. The lowest BCUT2D eigenvalue weighted by Gasteiger charge is -2.31. The summed E-state index contributed by atoms with van der Waals surface area (Å²) in [5.74, 6) is -1.24. The lowest BCUT2D eigenvalue weighted by molar-refractivity contribution is -0.190. The molecule has 5 heteroatoms. The minimum atomic E-state index is -1.20. The maximum Gasteiger partial charge on any atom is 0.293 e. The van der Waals surface area contributed by atoms with Gasteiger partial charge in [0.05, 0.1) is 24.6 Å². The summed E-state index contributed by atoms with van der Waals surface area (Å²) in [4.78, 5) is 17.7. The second-order valence-electron chi connectivity index (χ2n) is 7.78. The zero-order valence-corrected chi connectivity index (χ0v) is 14.7. The van der Waals surface area contributed by atoms with Crippen molar-refractivity contribution in [3.05, 3.63) is 29.8 Å². The Morgan fingerprint density at radius 3 is 2.36 bits per heavy atom. The SMILES string of the molecule is O=C1N(CN2CCCCC2)c2ccccc2C12O[C@@H]1CCCC[C@H]1O2. The van der Waals surface area contributed by atoms with Crippen LogP contribution < -0.4 is 4.90 Å². The van der Waals surface area contributed by atoms with Crippen molar-refractivity contribution in [2.75, 3.05) is 24.7 Å². The number of likely N-dealkylation sites (tertiary alicyclic amines) is 1. The van der Waals surface area contributed by atoms with Gasteiger partial charge in [-0.25, -0.2) is 0 Å². The van der Waals surface area contributed by atoms with Crippen molar-refractivity contribution in [1.82, 2.24) is 4.90 Å². The maximum atomic E-state index is 13.5. The van der Waals surface area contributed by atoms with Gasteiger partial charge in [-0.2, -0.15) is 0 Å². The van der Waals surface area contributed by atoms with Crippen LogP contribution in [0.1, 0.15) is 50.5 Å². The molecule has 3 heterocycles. The van der Waals surface area contributed by atoms with E-state index >= 15 is 0 Å². The number of hydrogen-bond donors (Lipinski definition) is 0. The summed E-state index contributed by atoms with van der Waals surface area (Å²) in [5.41, 5.74) is 1.85. The third kappa shape index (κ3) is 2.44. The minimum absolute atomic E-state index is 0.0336. The molecular weight excluding hydrogens is 316 g/mol. The summed E-state index contributed by atoms with van der Waals surface area (Å²) in [6.45, 7) is 2.76. The minimum Gasteiger partial charge on any atom is -0.332 e. The van der Waals surface area contributed by atoms with Crippen LogP contribution in [0.3, 0.4) is 0 Å². The van der Waals surface area contributed by atoms with Gasteiger partial charge < -0.3 is 9.47 Å². The number of carbonyl (C=O) groups excluding carboxylic acids is 1. The number of amides is 1. The van der Waals surface area contributed by atoms with E-state index in [-0.39, 0.29) is 18.1 Å². The first-order valence-electron chi connectivity index (χ1n) is 9.77. The Morgan fingerprint density at radius 2 is 1.64 bits per heavy atom. The highest BCUT2D eigenvalue weighted by molar-refractivity contribution is 6.06. The zero-order valence-electron chi connectivity index (χ0n) is 14.7. The number of para-hydroxylation sites is 1. The van der Waals surface area contributed by atoms with Crippen LogP contribution in [0.2, 0.25) is 0 Å². The third-order valence-electron chi connectivity index (χ3n) is 6.14. The summed E-state index contributed by atoms with van der Waals surface area (Å²) in [6.07, 6.45) is 8.14. The number of ether oxygens (including phenoxy) is 2. The van der Waals surface area contributed by atoms with Crippen LogP contribution in [0.5, 0.6) is 0 Å². The predicted molar refractivity (Wildman–Crippen MR) is 94.1 cm³/mol. The summed E-state index contributed by atoms with van der Waals surface area (Å²) < 4.78 is 12.7. The van der Waals surface area contributed by atoms with Crippen LogP contribution in [-0.2, 0) is 20.1 Å². The quantitative estimate of drug-likeness (QED) is 0.829. The molecule has 1 aromatic carbocycles. The fraction of sp³-hybridized carbons (Fsp3) is 0.650. The molecule has 4 aliphatic rings. The molecular formula is C20H26N2O3. The van der Waals surface area contributed by atoms with Gasteiger partial charge in [-0.3, -0.25) is 14.6 Å². The molecule has 2 atom stereocenters. The predicted octanol–water partition coefficient (Wildman–Crippen LogP) is 2.99. The lowest BCUT2D eigenvalue weighted by Crippen LogP contribution is -2.47. The molecule has 1 amide bonds. The molecule has 1 spiro atoms. The van der Waals surface area contributed by atoms with Crippen molar-refractivity contribution < 1.29 is 14.3 Å². The molecule has 0 bridgehead atoms. The van der Waals surface area contributed by atoms with E-state index in [1.807, 2.05) is 29.2 Å². The van der Waals surface area contributed by atoms with Crippen LogP contribution >= 0.6 is 0 Å². The molecule has 5 rings (SSSR count). The van der Waals surface area contributed by atoms with Crippen molar-refractivity contribution in [2.45, 2.75) is 62.9 Å². The number of benzene rings is 1. The van der Waals surface area contributed by atoms with E-state index in [2.05, 4.69) is 4.90 Å². The highest BCUT2D eigenvalue weighted by Gasteiger charge is 2.61. The fourth-order valence-corrected chi connectivity index (χ4v) is 4.85. The second-order valence-corrected chi connectivity index (χ2v) is 7.78. The highest BCUT2D eigenvalue weighted by atomic mass is 16.8. The standard InChI is InChI=1S/C20H26N2O3/c23-19-20(24-17-10-4-5-11-18(17)25-20)15-8-2-3-9-16(15)22(19)14-21-12-6-1-7-13-21/h2-3,8-9,17-18H,1,4-7,10-14H2/t17-,18-/m1/s1. The van der Waals surface area contributed by atoms with Crippen LogP contribution in [-0.4, -0.2) is 42.8 Å². The number of piperidine rings is 1. The monoisotopic (exact) mass is 342 g/mol. The number of anilines is 1. The second kappa shape index (κ2) is 6.08. The molecule has 5 nitrogen and oxygen atoms in total. The van der Waals surface area contributed by atoms with Crippen molar-refractivity contribution in [2.24, 2.45) is 0 Å². The van der Waals surface area contributed by atoms with Crippen LogP contribution in [0.25, 0.3) is 0 Å². The Labute approximate surface area is 148 Å². The summed E-state index contributed by atoms with van der Waals surface area (Å²) >= 11 is 0. The normalized spacial score (nSPS) is 31.4. The van der Waals surface area contributed by atoms with E-state index in [0.717, 1.165) is 50.0 Å². The number of rotatable bonds is 2. The van der Waals surface area contributed by atoms with Gasteiger partial charge in [-0.15, -0.1) is 0 Å². The molecule has 25 heavy (non-hydrogen) atoms. The van der Waals surface area contributed by atoms with Crippen LogP contribution in [0.4, 0.5) is 5.69 Å². The molecule has 1 aromatic rings. The largest absolute Gasteiger partial charge is 0.332 e. The topological polar surface area (TPSA) is 42.0 Å². The first-order chi connectivity index (χ1) is 12.3. The van der Waals surface area contributed by atoms with Gasteiger partial charge in [-0.05, 0) is 44.8 Å². The average Bonchev–Trinajstić information content (AvgIpc) is 3.15. The summed E-state index contributed by atoms with van der Waals surface area (Å²) in [6, 6.07) is 8.00. The lowest BCUT2D eigenvalue weighted by atomic mass is 9.95. The Hall–Kier alpha value is -1.43. The van der Waals surface area contributed by atoms with Gasteiger partial charge in [0.1, 0.15) is 0 Å². The van der Waals surface area contributed by atoms with Crippen molar-refractivity contribution in [3.8, 4) is 0 Å². The molecule has 0 radical (unpaired) electrons. The average molecular weight is 342 g/mol. The van der Waals surface area contributed by atoms with E-state index in [1.165, 1.54) is 19.3 Å². The van der Waals surface area contributed by atoms with Gasteiger partial charge >= 0.3 is 0 Å². The van der Waals surface area contributed by atoms with E-state index < -0.39 is 5.79 Å². The first kappa shape index (κ1) is 15.8. The Kier molecular flexibility index (Phi) is 3.84. The Balaban J connectivity index is 1.48. The Bertz CT molecular complexity index is 657. The third-order valence-corrected chi connectivity index (χ3v) is 6.14. The smallest absolute Gasteiger partial charge is 0.293 e. The number of hydrogen-bond acceptors (Lipinski definition) is 4. The van der Waals surface area contributed by atoms with Gasteiger partial charge in [-0.1, -0.05) is 37.5 Å². The molecule has 0 aromatic heterocycles. The van der Waals surface area contributed by atoms with Crippen molar-refractivity contribution in [1.29, 1.82) is 0 Å². The summed E-state index contributed by atoms with van der Waals surface area (Å²) in [5, 5.41) is 0. The molecule has 134 valence electrons. The molecule has 3 aliphatic heterocycles. The summed E-state index contributed by atoms with van der Waals surface area (Å²) in [7, 11) is 0. The molecule has 3 fully saturated rings. The highest BCUT2D eigenvalue weighted by Crippen LogP contribution is 2.51. The number of nitrogens with zero attached hydrogens (tertiary/aromatic N) is 2. The van der Waals surface area contributed by atoms with Gasteiger partial charge in [0.15, 0.2) is 0 Å². The van der Waals surface area contributed by atoms with Gasteiger partial charge in [0.25, 0.3) is 11.7 Å². The fourth-order valence-electron chi connectivity index (χ4n) is 4.85.